The molecule has 0 atom stereocenters. The van der Waals surface area contributed by atoms with Crippen LogP contribution in [-0.2, 0) is 6.18 Å². The Kier molecular flexibility index (Phi) is 6.87. The minimum atomic E-state index is -4.59. The fourth-order valence-electron chi connectivity index (χ4n) is 3.59. The molecule has 3 aromatic carbocycles. The number of azo groups is 1. The van der Waals surface area contributed by atoms with Gasteiger partial charge in [-0.25, -0.2) is 4.98 Å². The van der Waals surface area contributed by atoms with Crippen molar-refractivity contribution in [1.29, 1.82) is 0 Å². The van der Waals surface area contributed by atoms with Gasteiger partial charge in [0, 0.05) is 16.5 Å². The molecule has 0 radical (unpaired) electrons. The number of methoxy groups -OCH3 is 1. The predicted octanol–water partition coefficient (Wildman–Crippen LogP) is 8.05. The zero-order valence-corrected chi connectivity index (χ0v) is 21.1. The standard InChI is InChI=1S/C26H17ClF3N5O2S/c1-37-18-10-7-15(8-11-18)21-14-38-25(31-21)35-24(36)23(22(34-35)16-5-3-2-4-6-16)33-32-20-13-17(26(28,29)30)9-12-19(20)27/h2-14,34H,1H3. The van der Waals surface area contributed by atoms with Crippen LogP contribution in [0.25, 0.3) is 27.6 Å². The third-order valence-corrected chi connectivity index (χ3v) is 6.67. The van der Waals surface area contributed by atoms with E-state index in [-0.39, 0.29) is 16.4 Å². The summed E-state index contributed by atoms with van der Waals surface area (Å²) in [5, 5.41) is 13.1. The number of thiazole rings is 1. The van der Waals surface area contributed by atoms with Gasteiger partial charge < -0.3 is 4.74 Å². The number of alkyl halides is 3. The second-order valence-electron chi connectivity index (χ2n) is 7.95. The number of H-pyrrole nitrogens is 1. The Hall–Kier alpha value is -4.22. The summed E-state index contributed by atoms with van der Waals surface area (Å²) < 4.78 is 46.0. The molecule has 5 aromatic rings. The number of rotatable bonds is 6. The zero-order valence-electron chi connectivity index (χ0n) is 19.5. The molecule has 0 aliphatic rings. The first-order valence-corrected chi connectivity index (χ1v) is 12.3. The highest BCUT2D eigenvalue weighted by atomic mass is 35.5. The van der Waals surface area contributed by atoms with Gasteiger partial charge in [-0.15, -0.1) is 21.6 Å². The Balaban J connectivity index is 1.58. The highest BCUT2D eigenvalue weighted by Crippen LogP contribution is 2.36. The van der Waals surface area contributed by atoms with E-state index in [0.29, 0.717) is 27.8 Å². The molecular weight excluding hydrogens is 539 g/mol. The first-order valence-electron chi connectivity index (χ1n) is 11.0. The van der Waals surface area contributed by atoms with E-state index in [1.165, 1.54) is 16.0 Å². The lowest BCUT2D eigenvalue weighted by Gasteiger charge is -2.07. The molecule has 0 aliphatic carbocycles. The van der Waals surface area contributed by atoms with E-state index >= 15 is 0 Å². The van der Waals surface area contributed by atoms with Gasteiger partial charge in [0.1, 0.15) is 11.4 Å². The van der Waals surface area contributed by atoms with Gasteiger partial charge in [0.25, 0.3) is 0 Å². The van der Waals surface area contributed by atoms with Crippen molar-refractivity contribution in [1.82, 2.24) is 14.8 Å². The highest BCUT2D eigenvalue weighted by Gasteiger charge is 2.31. The van der Waals surface area contributed by atoms with Gasteiger partial charge in [-0.05, 0) is 42.5 Å². The molecule has 0 spiro atoms. The molecule has 192 valence electrons. The van der Waals surface area contributed by atoms with Gasteiger partial charge in [0.2, 0.25) is 5.13 Å². The number of aromatic nitrogens is 3. The third kappa shape index (κ3) is 5.11. The van der Waals surface area contributed by atoms with Gasteiger partial charge >= 0.3 is 11.7 Å². The van der Waals surface area contributed by atoms with Crippen molar-refractivity contribution in [2.75, 3.05) is 7.11 Å². The Morgan fingerprint density at radius 3 is 2.42 bits per heavy atom. The predicted molar refractivity (Wildman–Crippen MR) is 140 cm³/mol. The van der Waals surface area contributed by atoms with Crippen molar-refractivity contribution >= 4 is 34.3 Å². The monoisotopic (exact) mass is 555 g/mol. The topological polar surface area (TPSA) is 84.6 Å². The Morgan fingerprint density at radius 2 is 1.74 bits per heavy atom. The molecule has 0 saturated carbocycles. The summed E-state index contributed by atoms with van der Waals surface area (Å²) in [6.45, 7) is 0. The maximum absolute atomic E-state index is 13.4. The quantitative estimate of drug-likeness (QED) is 0.215. The average Bonchev–Trinajstić information content (AvgIpc) is 3.53. The van der Waals surface area contributed by atoms with E-state index in [1.54, 1.807) is 48.9 Å². The number of aromatic amines is 1. The number of halogens is 4. The summed E-state index contributed by atoms with van der Waals surface area (Å²) in [4.78, 5) is 18.0. The van der Waals surface area contributed by atoms with Gasteiger partial charge in [-0.2, -0.15) is 17.9 Å². The summed E-state index contributed by atoms with van der Waals surface area (Å²) in [7, 11) is 1.58. The van der Waals surface area contributed by atoms with Crippen LogP contribution in [0.1, 0.15) is 5.56 Å². The minimum Gasteiger partial charge on any atom is -0.497 e. The molecule has 0 saturated heterocycles. The van der Waals surface area contributed by atoms with Gasteiger partial charge in [0.05, 0.1) is 29.1 Å². The molecule has 0 unspecified atom stereocenters. The summed E-state index contributed by atoms with van der Waals surface area (Å²) >= 11 is 7.29. The first kappa shape index (κ1) is 25.4. The van der Waals surface area contributed by atoms with Crippen molar-refractivity contribution in [2.24, 2.45) is 10.2 Å². The fraction of sp³-hybridized carbons (Fsp3) is 0.0769. The van der Waals surface area contributed by atoms with Crippen molar-refractivity contribution < 1.29 is 17.9 Å². The normalized spacial score (nSPS) is 11.8. The minimum absolute atomic E-state index is 0.0390. The van der Waals surface area contributed by atoms with E-state index in [2.05, 4.69) is 20.3 Å². The summed E-state index contributed by atoms with van der Waals surface area (Å²) in [6, 6.07) is 18.9. The summed E-state index contributed by atoms with van der Waals surface area (Å²) in [5.74, 6) is 0.702. The second-order valence-corrected chi connectivity index (χ2v) is 9.19. The van der Waals surface area contributed by atoms with Crippen molar-refractivity contribution in [3.8, 4) is 33.4 Å². The molecule has 0 fully saturated rings. The van der Waals surface area contributed by atoms with Crippen LogP contribution in [0, 0.1) is 0 Å². The molecule has 12 heteroatoms. The smallest absolute Gasteiger partial charge is 0.416 e. The SMILES string of the molecule is COc1ccc(-c2csc(-n3[nH]c(-c4ccccc4)c(N=Nc4cc(C(F)(F)F)ccc4Cl)c3=O)n2)cc1. The highest BCUT2D eigenvalue weighted by molar-refractivity contribution is 7.12. The number of nitrogens with zero attached hydrogens (tertiary/aromatic N) is 4. The molecule has 2 aromatic heterocycles. The number of benzene rings is 3. The van der Waals surface area contributed by atoms with E-state index in [1.807, 2.05) is 18.2 Å². The molecule has 0 bridgehead atoms. The Bertz CT molecular complexity index is 1680. The van der Waals surface area contributed by atoms with Crippen LogP contribution >= 0.6 is 22.9 Å². The van der Waals surface area contributed by atoms with E-state index < -0.39 is 17.3 Å². The molecule has 0 amide bonds. The lowest BCUT2D eigenvalue weighted by molar-refractivity contribution is -0.137. The van der Waals surface area contributed by atoms with Crippen LogP contribution in [0.15, 0.2) is 93.2 Å². The van der Waals surface area contributed by atoms with Crippen molar-refractivity contribution in [3.05, 3.63) is 99.1 Å². The molecule has 0 aliphatic heterocycles. The van der Waals surface area contributed by atoms with Crippen LogP contribution in [0.2, 0.25) is 5.02 Å². The van der Waals surface area contributed by atoms with E-state index in [4.69, 9.17) is 16.3 Å². The lowest BCUT2D eigenvalue weighted by Crippen LogP contribution is -2.13. The fourth-order valence-corrected chi connectivity index (χ4v) is 4.54. The van der Waals surface area contributed by atoms with E-state index in [0.717, 1.165) is 23.8 Å². The van der Waals surface area contributed by atoms with E-state index in [9.17, 15) is 18.0 Å². The van der Waals surface area contributed by atoms with Crippen molar-refractivity contribution in [3.63, 3.8) is 0 Å². The molecule has 7 nitrogen and oxygen atoms in total. The number of hydrogen-bond donors (Lipinski definition) is 1. The largest absolute Gasteiger partial charge is 0.497 e. The molecule has 1 N–H and O–H groups in total. The van der Waals surface area contributed by atoms with Crippen LogP contribution in [0.4, 0.5) is 24.5 Å². The third-order valence-electron chi connectivity index (χ3n) is 5.53. The Morgan fingerprint density at radius 1 is 1.00 bits per heavy atom. The van der Waals surface area contributed by atoms with Gasteiger partial charge in [-0.3, -0.25) is 9.89 Å². The van der Waals surface area contributed by atoms with Crippen LogP contribution < -0.4 is 10.3 Å². The lowest BCUT2D eigenvalue weighted by atomic mass is 10.1. The summed E-state index contributed by atoms with van der Waals surface area (Å²) in [6.07, 6.45) is -4.59. The molecule has 2 heterocycles. The summed E-state index contributed by atoms with van der Waals surface area (Å²) in [5.41, 5.74) is 0.591. The van der Waals surface area contributed by atoms with Gasteiger partial charge in [-0.1, -0.05) is 41.9 Å². The number of nitrogens with one attached hydrogen (secondary N) is 1. The molecule has 38 heavy (non-hydrogen) atoms. The van der Waals surface area contributed by atoms with Crippen LogP contribution in [0.5, 0.6) is 5.75 Å². The number of hydrogen-bond acceptors (Lipinski definition) is 6. The number of ether oxygens (including phenoxy) is 1. The maximum Gasteiger partial charge on any atom is 0.416 e. The van der Waals surface area contributed by atoms with Crippen LogP contribution in [0.3, 0.4) is 0 Å². The first-order chi connectivity index (χ1) is 18.2. The second kappa shape index (κ2) is 10.3. The Labute approximate surface area is 222 Å². The van der Waals surface area contributed by atoms with Crippen molar-refractivity contribution in [2.45, 2.75) is 6.18 Å². The zero-order chi connectivity index (χ0) is 26.9. The average molecular weight is 556 g/mol. The van der Waals surface area contributed by atoms with Crippen LogP contribution in [-0.4, -0.2) is 21.9 Å². The van der Waals surface area contributed by atoms with Gasteiger partial charge in [0.15, 0.2) is 5.69 Å². The molecule has 5 rings (SSSR count). The maximum atomic E-state index is 13.4. The molecular formula is C26H17ClF3N5O2S.